The molecule has 1 aliphatic heterocycles. The van der Waals surface area contributed by atoms with Crippen LogP contribution in [0.1, 0.15) is 5.56 Å². The van der Waals surface area contributed by atoms with Gasteiger partial charge in [0.1, 0.15) is 13.2 Å². The van der Waals surface area contributed by atoms with Gasteiger partial charge in [0.05, 0.1) is 12.1 Å². The molecule has 3 aromatic rings. The molecule has 142 valence electrons. The van der Waals surface area contributed by atoms with E-state index in [1.807, 2.05) is 24.3 Å². The SMILES string of the molecule is O=C(Cc1cc2c(cc1Br)OCCO2)Nc1cccc(-c2ccc(=O)[nH]n2)c1. The summed E-state index contributed by atoms with van der Waals surface area (Å²) in [6, 6.07) is 14.0. The minimum absolute atomic E-state index is 0.163. The second-order valence-electron chi connectivity index (χ2n) is 6.20. The molecule has 8 heteroatoms. The summed E-state index contributed by atoms with van der Waals surface area (Å²) >= 11 is 3.48. The lowest BCUT2D eigenvalue weighted by molar-refractivity contribution is -0.115. The van der Waals surface area contributed by atoms with Crippen LogP contribution in [0.15, 0.2) is 57.8 Å². The highest BCUT2D eigenvalue weighted by Crippen LogP contribution is 2.35. The molecule has 0 saturated heterocycles. The highest BCUT2D eigenvalue weighted by molar-refractivity contribution is 9.10. The first-order chi connectivity index (χ1) is 13.6. The van der Waals surface area contributed by atoms with E-state index in [2.05, 4.69) is 31.4 Å². The minimum Gasteiger partial charge on any atom is -0.486 e. The van der Waals surface area contributed by atoms with Crippen molar-refractivity contribution in [2.45, 2.75) is 6.42 Å². The summed E-state index contributed by atoms with van der Waals surface area (Å²) in [6.07, 6.45) is 0.179. The number of nitrogens with one attached hydrogen (secondary N) is 2. The van der Waals surface area contributed by atoms with Crippen LogP contribution in [0.2, 0.25) is 0 Å². The number of halogens is 1. The number of fused-ring (bicyclic) bond motifs is 1. The van der Waals surface area contributed by atoms with Crippen LogP contribution in [0.4, 0.5) is 5.69 Å². The maximum absolute atomic E-state index is 12.5. The molecule has 2 aromatic carbocycles. The molecule has 2 heterocycles. The Bertz CT molecular complexity index is 1080. The Hall–Kier alpha value is -3.13. The maximum atomic E-state index is 12.5. The van der Waals surface area contributed by atoms with Gasteiger partial charge in [0.15, 0.2) is 11.5 Å². The van der Waals surface area contributed by atoms with Crippen molar-refractivity contribution in [2.75, 3.05) is 18.5 Å². The molecule has 28 heavy (non-hydrogen) atoms. The Balaban J connectivity index is 1.49. The van der Waals surface area contributed by atoms with Crippen molar-refractivity contribution in [1.82, 2.24) is 10.2 Å². The van der Waals surface area contributed by atoms with Crippen LogP contribution in [0.25, 0.3) is 11.3 Å². The van der Waals surface area contributed by atoms with E-state index in [1.165, 1.54) is 6.07 Å². The standard InChI is InChI=1S/C20H16BrN3O4/c21-15-11-18-17(27-6-7-28-18)9-13(15)10-20(26)22-14-3-1-2-12(8-14)16-4-5-19(25)24-23-16/h1-5,8-9,11H,6-7,10H2,(H,22,26)(H,24,25). The monoisotopic (exact) mass is 441 g/mol. The van der Waals surface area contributed by atoms with Gasteiger partial charge in [-0.2, -0.15) is 5.10 Å². The number of rotatable bonds is 4. The molecule has 4 rings (SSSR count). The van der Waals surface area contributed by atoms with Gasteiger partial charge in [0.25, 0.3) is 5.56 Å². The number of nitrogens with zero attached hydrogens (tertiary/aromatic N) is 1. The van der Waals surface area contributed by atoms with E-state index in [1.54, 1.807) is 18.2 Å². The highest BCUT2D eigenvalue weighted by Gasteiger charge is 2.16. The van der Waals surface area contributed by atoms with Crippen LogP contribution >= 0.6 is 15.9 Å². The fraction of sp³-hybridized carbons (Fsp3) is 0.150. The predicted molar refractivity (Wildman–Crippen MR) is 108 cm³/mol. The van der Waals surface area contributed by atoms with E-state index in [-0.39, 0.29) is 17.9 Å². The predicted octanol–water partition coefficient (Wildman–Crippen LogP) is 3.15. The molecule has 0 fully saturated rings. The van der Waals surface area contributed by atoms with Crippen LogP contribution in [0.5, 0.6) is 11.5 Å². The van der Waals surface area contributed by atoms with Gasteiger partial charge in [-0.05, 0) is 35.9 Å². The van der Waals surface area contributed by atoms with Gasteiger partial charge in [-0.1, -0.05) is 28.1 Å². The quantitative estimate of drug-likeness (QED) is 0.648. The molecule has 0 spiro atoms. The van der Waals surface area contributed by atoms with Crippen LogP contribution < -0.4 is 20.3 Å². The Labute approximate surface area is 168 Å². The van der Waals surface area contributed by atoms with E-state index in [9.17, 15) is 9.59 Å². The number of hydrogen-bond acceptors (Lipinski definition) is 5. The first-order valence-corrected chi connectivity index (χ1v) is 9.42. The Morgan fingerprint density at radius 1 is 1.11 bits per heavy atom. The summed E-state index contributed by atoms with van der Waals surface area (Å²) in [5.41, 5.74) is 2.59. The third-order valence-electron chi connectivity index (χ3n) is 4.18. The van der Waals surface area contributed by atoms with E-state index >= 15 is 0 Å². The molecule has 2 N–H and O–H groups in total. The largest absolute Gasteiger partial charge is 0.486 e. The molecule has 0 bridgehead atoms. The first-order valence-electron chi connectivity index (χ1n) is 8.62. The Kier molecular flexibility index (Phi) is 5.12. The third-order valence-corrected chi connectivity index (χ3v) is 4.92. The van der Waals surface area contributed by atoms with Crippen LogP contribution in [0, 0.1) is 0 Å². The normalized spacial score (nSPS) is 12.5. The van der Waals surface area contributed by atoms with E-state index in [0.29, 0.717) is 36.1 Å². The van der Waals surface area contributed by atoms with Crippen molar-refractivity contribution in [3.8, 4) is 22.8 Å². The molecule has 0 saturated carbocycles. The summed E-state index contributed by atoms with van der Waals surface area (Å²) in [7, 11) is 0. The zero-order valence-electron chi connectivity index (χ0n) is 14.7. The van der Waals surface area contributed by atoms with Crippen LogP contribution in [0.3, 0.4) is 0 Å². The lowest BCUT2D eigenvalue weighted by Gasteiger charge is -2.19. The highest BCUT2D eigenvalue weighted by atomic mass is 79.9. The Morgan fingerprint density at radius 3 is 2.64 bits per heavy atom. The molecule has 0 atom stereocenters. The zero-order chi connectivity index (χ0) is 19.5. The molecule has 0 aliphatic carbocycles. The average molecular weight is 442 g/mol. The fourth-order valence-electron chi connectivity index (χ4n) is 2.88. The average Bonchev–Trinajstić information content (AvgIpc) is 2.69. The Morgan fingerprint density at radius 2 is 1.89 bits per heavy atom. The molecular formula is C20H16BrN3O4. The molecule has 1 aromatic heterocycles. The summed E-state index contributed by atoms with van der Waals surface area (Å²) in [6.45, 7) is 1.01. The van der Waals surface area contributed by atoms with Gasteiger partial charge in [-0.25, -0.2) is 5.10 Å². The molecule has 1 amide bonds. The van der Waals surface area contributed by atoms with Crippen LogP contribution in [-0.4, -0.2) is 29.3 Å². The minimum atomic E-state index is -0.266. The van der Waals surface area contributed by atoms with Crippen molar-refractivity contribution in [2.24, 2.45) is 0 Å². The van der Waals surface area contributed by atoms with Gasteiger partial charge >= 0.3 is 0 Å². The summed E-state index contributed by atoms with van der Waals surface area (Å²) in [4.78, 5) is 23.7. The third kappa shape index (κ3) is 4.07. The van der Waals surface area contributed by atoms with Gasteiger partial charge in [0, 0.05) is 21.8 Å². The molecule has 0 unspecified atom stereocenters. The molecule has 0 radical (unpaired) electrons. The van der Waals surface area contributed by atoms with Gasteiger partial charge < -0.3 is 14.8 Å². The van der Waals surface area contributed by atoms with E-state index in [4.69, 9.17) is 9.47 Å². The van der Waals surface area contributed by atoms with Gasteiger partial charge in [0.2, 0.25) is 5.91 Å². The number of hydrogen-bond donors (Lipinski definition) is 2. The maximum Gasteiger partial charge on any atom is 0.264 e. The number of aromatic amines is 1. The summed E-state index contributed by atoms with van der Waals surface area (Å²) in [5, 5.41) is 9.30. The molecular weight excluding hydrogens is 426 g/mol. The number of anilines is 1. The van der Waals surface area contributed by atoms with E-state index in [0.717, 1.165) is 15.6 Å². The number of benzene rings is 2. The second-order valence-corrected chi connectivity index (χ2v) is 7.05. The van der Waals surface area contributed by atoms with Crippen molar-refractivity contribution < 1.29 is 14.3 Å². The number of H-pyrrole nitrogens is 1. The zero-order valence-corrected chi connectivity index (χ0v) is 16.3. The number of carbonyl (C=O) groups excluding carboxylic acids is 1. The number of aromatic nitrogens is 2. The second kappa shape index (κ2) is 7.85. The topological polar surface area (TPSA) is 93.3 Å². The number of amides is 1. The van der Waals surface area contributed by atoms with E-state index < -0.39 is 0 Å². The van der Waals surface area contributed by atoms with Crippen molar-refractivity contribution in [1.29, 1.82) is 0 Å². The molecule has 1 aliphatic rings. The lowest BCUT2D eigenvalue weighted by atomic mass is 10.1. The summed E-state index contributed by atoms with van der Waals surface area (Å²) < 4.78 is 11.9. The molecule has 7 nitrogen and oxygen atoms in total. The summed E-state index contributed by atoms with van der Waals surface area (Å²) in [5.74, 6) is 1.15. The fourth-order valence-corrected chi connectivity index (χ4v) is 3.34. The lowest BCUT2D eigenvalue weighted by Crippen LogP contribution is -2.17. The van der Waals surface area contributed by atoms with Gasteiger partial charge in [-0.15, -0.1) is 0 Å². The number of carbonyl (C=O) groups is 1. The van der Waals surface area contributed by atoms with Crippen LogP contribution in [-0.2, 0) is 11.2 Å². The smallest absolute Gasteiger partial charge is 0.264 e. The first kappa shape index (κ1) is 18.2. The number of ether oxygens (including phenoxy) is 2. The van der Waals surface area contributed by atoms with Crippen molar-refractivity contribution in [3.05, 3.63) is 68.9 Å². The van der Waals surface area contributed by atoms with Crippen molar-refractivity contribution in [3.63, 3.8) is 0 Å². The van der Waals surface area contributed by atoms with Gasteiger partial charge in [-0.3, -0.25) is 9.59 Å². The van der Waals surface area contributed by atoms with Crippen molar-refractivity contribution >= 4 is 27.5 Å².